The van der Waals surface area contributed by atoms with E-state index in [2.05, 4.69) is 4.99 Å². The number of para-hydroxylation sites is 1. The van der Waals surface area contributed by atoms with E-state index in [1.165, 1.54) is 0 Å². The van der Waals surface area contributed by atoms with Crippen molar-refractivity contribution in [3.63, 3.8) is 0 Å². The van der Waals surface area contributed by atoms with Crippen LogP contribution in [0.15, 0.2) is 52.9 Å². The fourth-order valence-electron chi connectivity index (χ4n) is 2.69. The van der Waals surface area contributed by atoms with Gasteiger partial charge in [-0.05, 0) is 12.1 Å². The molecule has 0 amide bonds. The normalized spacial score (nSPS) is 27.1. The fourth-order valence-corrected chi connectivity index (χ4v) is 2.69. The van der Waals surface area contributed by atoms with Gasteiger partial charge in [0.1, 0.15) is 24.7 Å². The summed E-state index contributed by atoms with van der Waals surface area (Å²) in [6, 6.07) is 7.99. The Balaban J connectivity index is 2.00. The summed E-state index contributed by atoms with van der Waals surface area (Å²) in [6.07, 6.45) is 3.59. The zero-order chi connectivity index (χ0) is 12.9. The van der Waals surface area contributed by atoms with Crippen molar-refractivity contribution in [1.82, 2.24) is 0 Å². The van der Waals surface area contributed by atoms with Crippen molar-refractivity contribution in [3.8, 4) is 5.75 Å². The number of hydrogen-bond acceptors (Lipinski definition) is 5. The first-order valence-corrected chi connectivity index (χ1v) is 6.08. The van der Waals surface area contributed by atoms with Gasteiger partial charge < -0.3 is 19.9 Å². The van der Waals surface area contributed by atoms with Gasteiger partial charge >= 0.3 is 0 Å². The second-order valence-corrected chi connectivity index (χ2v) is 4.63. The van der Waals surface area contributed by atoms with Gasteiger partial charge in [0.25, 0.3) is 6.02 Å². The van der Waals surface area contributed by atoms with Gasteiger partial charge in [-0.15, -0.1) is 0 Å². The van der Waals surface area contributed by atoms with E-state index >= 15 is 0 Å². The average Bonchev–Trinajstić information content (AvgIpc) is 2.82. The van der Waals surface area contributed by atoms with Gasteiger partial charge in [0, 0.05) is 5.56 Å². The van der Waals surface area contributed by atoms with Gasteiger partial charge in [0.15, 0.2) is 5.54 Å². The monoisotopic (exact) mass is 256 g/mol. The Morgan fingerprint density at radius 1 is 1.26 bits per heavy atom. The highest BCUT2D eigenvalue weighted by Gasteiger charge is 2.49. The minimum Gasteiger partial charge on any atom is -0.496 e. The summed E-state index contributed by atoms with van der Waals surface area (Å²) in [6.45, 7) is 0.864. The average molecular weight is 256 g/mol. The predicted molar refractivity (Wildman–Crippen MR) is 68.4 cm³/mol. The number of fused-ring (bicyclic) bond motifs is 4. The summed E-state index contributed by atoms with van der Waals surface area (Å²) >= 11 is 0. The third-order valence-corrected chi connectivity index (χ3v) is 3.56. The van der Waals surface area contributed by atoms with Crippen molar-refractivity contribution in [2.24, 2.45) is 10.7 Å². The number of nitrogens with zero attached hydrogens (tertiary/aromatic N) is 1. The highest BCUT2D eigenvalue weighted by atomic mass is 16.5. The molecule has 4 rings (SSSR count). The summed E-state index contributed by atoms with van der Waals surface area (Å²) in [5, 5.41) is 0. The number of hydrogen-bond donors (Lipinski definition) is 1. The molecule has 3 heterocycles. The van der Waals surface area contributed by atoms with Crippen molar-refractivity contribution in [2.75, 3.05) is 13.2 Å². The minimum atomic E-state index is -0.648. The summed E-state index contributed by atoms with van der Waals surface area (Å²) < 4.78 is 16.7. The molecule has 1 unspecified atom stereocenters. The quantitative estimate of drug-likeness (QED) is 0.762. The molecule has 0 bridgehead atoms. The molecule has 5 nitrogen and oxygen atoms in total. The van der Waals surface area contributed by atoms with E-state index in [-0.39, 0.29) is 6.02 Å². The van der Waals surface area contributed by atoms with Crippen LogP contribution in [-0.4, -0.2) is 19.2 Å². The summed E-state index contributed by atoms with van der Waals surface area (Å²) in [5.41, 5.74) is 6.88. The number of aliphatic imine (C=N–C) groups is 1. The van der Waals surface area contributed by atoms with E-state index in [4.69, 9.17) is 19.9 Å². The number of ether oxygens (including phenoxy) is 3. The Bertz CT molecular complexity index is 648. The molecule has 96 valence electrons. The standard InChI is InChI=1S/C14H12N2O3/c15-13-16-14(8-18-13)9-3-1-2-4-11(9)19-12-5-6-17-7-10(12)14/h1-5,7H,6,8H2,(H2,15,16). The molecule has 1 atom stereocenters. The number of nitrogens with two attached hydrogens (primary N) is 1. The molecule has 1 aromatic rings. The fraction of sp³-hybridized carbons (Fsp3) is 0.214. The molecule has 0 radical (unpaired) electrons. The molecule has 19 heavy (non-hydrogen) atoms. The molecule has 1 aromatic carbocycles. The van der Waals surface area contributed by atoms with Crippen LogP contribution in [0.25, 0.3) is 0 Å². The molecule has 5 heteroatoms. The molecule has 1 spiro atoms. The SMILES string of the molecule is NC1=NC2(CO1)C1=COCC=C1Oc1ccccc12. The minimum absolute atomic E-state index is 0.197. The maximum Gasteiger partial charge on any atom is 0.283 e. The number of rotatable bonds is 0. The van der Waals surface area contributed by atoms with E-state index in [0.717, 1.165) is 22.6 Å². The zero-order valence-electron chi connectivity index (χ0n) is 10.1. The van der Waals surface area contributed by atoms with Gasteiger partial charge in [-0.1, -0.05) is 18.2 Å². The van der Waals surface area contributed by atoms with E-state index in [9.17, 15) is 0 Å². The maximum atomic E-state index is 5.91. The topological polar surface area (TPSA) is 66.1 Å². The molecule has 3 aliphatic heterocycles. The Morgan fingerprint density at radius 2 is 2.16 bits per heavy atom. The van der Waals surface area contributed by atoms with Crippen molar-refractivity contribution in [2.45, 2.75) is 5.54 Å². The van der Waals surface area contributed by atoms with Gasteiger partial charge in [-0.2, -0.15) is 0 Å². The molecule has 0 aliphatic carbocycles. The molecule has 0 aromatic heterocycles. The largest absolute Gasteiger partial charge is 0.496 e. The lowest BCUT2D eigenvalue weighted by molar-refractivity contribution is 0.220. The van der Waals surface area contributed by atoms with Crippen molar-refractivity contribution in [3.05, 3.63) is 53.5 Å². The summed E-state index contributed by atoms with van der Waals surface area (Å²) in [4.78, 5) is 4.51. The predicted octanol–water partition coefficient (Wildman–Crippen LogP) is 1.42. The van der Waals surface area contributed by atoms with Gasteiger partial charge in [-0.3, -0.25) is 0 Å². The molecular formula is C14H12N2O3. The van der Waals surface area contributed by atoms with Gasteiger partial charge in [0.05, 0.1) is 11.8 Å². The van der Waals surface area contributed by atoms with Gasteiger partial charge in [-0.25, -0.2) is 4.99 Å². The Labute approximate surface area is 110 Å². The molecule has 0 saturated carbocycles. The third-order valence-electron chi connectivity index (χ3n) is 3.56. The summed E-state index contributed by atoms with van der Waals surface area (Å²) in [7, 11) is 0. The van der Waals surface area contributed by atoms with E-state index < -0.39 is 5.54 Å². The van der Waals surface area contributed by atoms with E-state index in [1.807, 2.05) is 30.3 Å². The molecular weight excluding hydrogens is 244 g/mol. The maximum absolute atomic E-state index is 5.91. The molecule has 0 saturated heterocycles. The third kappa shape index (κ3) is 1.32. The first-order chi connectivity index (χ1) is 9.29. The van der Waals surface area contributed by atoms with Crippen LogP contribution >= 0.6 is 0 Å². The first kappa shape index (κ1) is 10.5. The highest BCUT2D eigenvalue weighted by Crippen LogP contribution is 2.49. The highest BCUT2D eigenvalue weighted by molar-refractivity contribution is 5.76. The lowest BCUT2D eigenvalue weighted by Crippen LogP contribution is -2.35. The van der Waals surface area contributed by atoms with Crippen LogP contribution in [0, 0.1) is 0 Å². The molecule has 2 N–H and O–H groups in total. The van der Waals surface area contributed by atoms with Crippen LogP contribution in [0.3, 0.4) is 0 Å². The smallest absolute Gasteiger partial charge is 0.283 e. The van der Waals surface area contributed by atoms with E-state index in [0.29, 0.717) is 13.2 Å². The van der Waals surface area contributed by atoms with Crippen LogP contribution in [0.2, 0.25) is 0 Å². The van der Waals surface area contributed by atoms with Crippen LogP contribution in [0.1, 0.15) is 5.56 Å². The first-order valence-electron chi connectivity index (χ1n) is 6.08. The number of benzene rings is 1. The number of amidine groups is 1. The van der Waals surface area contributed by atoms with E-state index in [1.54, 1.807) is 6.26 Å². The Hall–Kier alpha value is -2.43. The van der Waals surface area contributed by atoms with Gasteiger partial charge in [0.2, 0.25) is 0 Å². The Morgan fingerprint density at radius 3 is 3.00 bits per heavy atom. The lowest BCUT2D eigenvalue weighted by Gasteiger charge is -2.36. The second kappa shape index (κ2) is 3.54. The van der Waals surface area contributed by atoms with Crippen molar-refractivity contribution < 1.29 is 14.2 Å². The lowest BCUT2D eigenvalue weighted by atomic mass is 9.80. The van der Waals surface area contributed by atoms with Crippen LogP contribution < -0.4 is 10.5 Å². The molecule has 0 fully saturated rings. The Kier molecular flexibility index (Phi) is 1.95. The van der Waals surface area contributed by atoms with Crippen LogP contribution in [0.5, 0.6) is 5.75 Å². The van der Waals surface area contributed by atoms with Crippen LogP contribution in [-0.2, 0) is 15.0 Å². The van der Waals surface area contributed by atoms with Crippen LogP contribution in [0.4, 0.5) is 0 Å². The molecule has 3 aliphatic rings. The summed E-state index contributed by atoms with van der Waals surface area (Å²) in [5.74, 6) is 1.56. The zero-order valence-corrected chi connectivity index (χ0v) is 10.1. The van der Waals surface area contributed by atoms with Crippen molar-refractivity contribution >= 4 is 6.02 Å². The second-order valence-electron chi connectivity index (χ2n) is 4.63. The van der Waals surface area contributed by atoms with Crippen molar-refractivity contribution in [1.29, 1.82) is 0 Å².